The second-order valence-corrected chi connectivity index (χ2v) is 5.86. The number of aryl methyl sites for hydroxylation is 2. The Hall–Kier alpha value is -2.34. The Morgan fingerprint density at radius 2 is 2.13 bits per heavy atom. The second kappa shape index (κ2) is 6.83. The lowest BCUT2D eigenvalue weighted by Gasteiger charge is -2.17. The first-order valence-electron chi connectivity index (χ1n) is 7.77. The van der Waals surface area contributed by atoms with Gasteiger partial charge in [0.25, 0.3) is 0 Å². The van der Waals surface area contributed by atoms with Crippen molar-refractivity contribution in [3.63, 3.8) is 0 Å². The van der Waals surface area contributed by atoms with Gasteiger partial charge in [-0.25, -0.2) is 0 Å². The number of carbonyl (C=O) groups is 1. The van der Waals surface area contributed by atoms with E-state index < -0.39 is 6.10 Å². The van der Waals surface area contributed by atoms with Crippen LogP contribution in [0.4, 0.5) is 0 Å². The molecular formula is C17H21N3O3. The molecule has 122 valence electrons. The number of rotatable bonds is 5. The number of aliphatic hydroxyl groups excluding tert-OH is 1. The topological polar surface area (TPSA) is 67.6 Å². The maximum absolute atomic E-state index is 12.3. The standard InChI is InChI=1S/C17H21N3O3/c1-19-10-13(9-18-19)7-8-17(22)20-11-15(21)16(12-20)23-14-5-3-2-4-6-14/h2-6,9-10,15-16,21H,7-8,11-12H2,1H3/t15-,16-/m1/s1. The van der Waals surface area contributed by atoms with Gasteiger partial charge in [0.2, 0.25) is 5.91 Å². The van der Waals surface area contributed by atoms with E-state index in [4.69, 9.17) is 4.74 Å². The van der Waals surface area contributed by atoms with E-state index in [9.17, 15) is 9.90 Å². The summed E-state index contributed by atoms with van der Waals surface area (Å²) in [6.45, 7) is 0.741. The number of aromatic nitrogens is 2. The molecule has 1 aromatic carbocycles. The number of amides is 1. The first-order chi connectivity index (χ1) is 11.1. The normalized spacial score (nSPS) is 20.7. The molecule has 0 spiro atoms. The molecule has 2 heterocycles. The highest BCUT2D eigenvalue weighted by molar-refractivity contribution is 5.76. The van der Waals surface area contributed by atoms with Gasteiger partial charge < -0.3 is 14.7 Å². The van der Waals surface area contributed by atoms with Crippen LogP contribution < -0.4 is 4.74 Å². The third-order valence-electron chi connectivity index (χ3n) is 4.01. The number of hydrogen-bond acceptors (Lipinski definition) is 4. The SMILES string of the molecule is Cn1cc(CCC(=O)N2C[C@@H](O)[C@H](Oc3ccccc3)C2)cn1. The minimum atomic E-state index is -0.655. The van der Waals surface area contributed by atoms with E-state index in [0.717, 1.165) is 5.56 Å². The zero-order chi connectivity index (χ0) is 16.2. The van der Waals surface area contributed by atoms with Gasteiger partial charge in [0.15, 0.2) is 0 Å². The first-order valence-corrected chi connectivity index (χ1v) is 7.77. The Bertz CT molecular complexity index is 656. The predicted molar refractivity (Wildman–Crippen MR) is 85.0 cm³/mol. The Balaban J connectivity index is 1.52. The molecule has 1 aliphatic rings. The molecular weight excluding hydrogens is 294 g/mol. The van der Waals surface area contributed by atoms with Gasteiger partial charge in [0.05, 0.1) is 19.3 Å². The molecule has 6 heteroatoms. The number of nitrogens with zero attached hydrogens (tertiary/aromatic N) is 3. The number of β-amino-alcohol motifs (C(OH)–C–C–N with tert-alkyl or cyclic N) is 1. The monoisotopic (exact) mass is 315 g/mol. The average Bonchev–Trinajstić information content (AvgIpc) is 3.12. The molecule has 0 aliphatic carbocycles. The van der Waals surface area contributed by atoms with Crippen molar-refractivity contribution in [3.8, 4) is 5.75 Å². The van der Waals surface area contributed by atoms with Gasteiger partial charge in [0.1, 0.15) is 18.0 Å². The molecule has 1 fully saturated rings. The van der Waals surface area contributed by atoms with Crippen molar-refractivity contribution in [3.05, 3.63) is 48.3 Å². The largest absolute Gasteiger partial charge is 0.486 e. The highest BCUT2D eigenvalue weighted by Gasteiger charge is 2.35. The van der Waals surface area contributed by atoms with Crippen molar-refractivity contribution in [2.45, 2.75) is 25.0 Å². The van der Waals surface area contributed by atoms with Gasteiger partial charge in [-0.1, -0.05) is 18.2 Å². The molecule has 1 aliphatic heterocycles. The lowest BCUT2D eigenvalue weighted by molar-refractivity contribution is -0.130. The van der Waals surface area contributed by atoms with Crippen molar-refractivity contribution in [2.75, 3.05) is 13.1 Å². The number of ether oxygens (including phenoxy) is 1. The van der Waals surface area contributed by atoms with Crippen molar-refractivity contribution in [2.24, 2.45) is 7.05 Å². The number of aliphatic hydroxyl groups is 1. The number of benzene rings is 1. The van der Waals surface area contributed by atoms with Gasteiger partial charge >= 0.3 is 0 Å². The van der Waals surface area contributed by atoms with E-state index in [-0.39, 0.29) is 12.0 Å². The average molecular weight is 315 g/mol. The van der Waals surface area contributed by atoms with Crippen LogP contribution in [0.1, 0.15) is 12.0 Å². The minimum Gasteiger partial charge on any atom is -0.486 e. The summed E-state index contributed by atoms with van der Waals surface area (Å²) >= 11 is 0. The van der Waals surface area contributed by atoms with Crippen LogP contribution in [0.3, 0.4) is 0 Å². The van der Waals surface area contributed by atoms with Crippen LogP contribution in [-0.4, -0.2) is 51.0 Å². The van der Waals surface area contributed by atoms with Crippen LogP contribution >= 0.6 is 0 Å². The molecule has 6 nitrogen and oxygen atoms in total. The summed E-state index contributed by atoms with van der Waals surface area (Å²) in [5, 5.41) is 14.2. The molecule has 0 radical (unpaired) electrons. The molecule has 0 unspecified atom stereocenters. The Labute approximate surface area is 135 Å². The van der Waals surface area contributed by atoms with E-state index in [1.54, 1.807) is 15.8 Å². The summed E-state index contributed by atoms with van der Waals surface area (Å²) in [7, 11) is 1.85. The molecule has 1 saturated heterocycles. The Morgan fingerprint density at radius 3 is 2.83 bits per heavy atom. The summed E-state index contributed by atoms with van der Waals surface area (Å²) in [6.07, 6.45) is 3.72. The highest BCUT2D eigenvalue weighted by Crippen LogP contribution is 2.19. The van der Waals surface area contributed by atoms with Crippen LogP contribution in [0.25, 0.3) is 0 Å². The number of carbonyl (C=O) groups excluding carboxylic acids is 1. The summed E-state index contributed by atoms with van der Waals surface area (Å²) in [6, 6.07) is 9.37. The fourth-order valence-corrected chi connectivity index (χ4v) is 2.76. The van der Waals surface area contributed by atoms with E-state index in [1.807, 2.05) is 43.6 Å². The quantitative estimate of drug-likeness (QED) is 0.894. The number of likely N-dealkylation sites (tertiary alicyclic amines) is 1. The van der Waals surface area contributed by atoms with Crippen LogP contribution in [0, 0.1) is 0 Å². The number of hydrogen-bond donors (Lipinski definition) is 1. The summed E-state index contributed by atoms with van der Waals surface area (Å²) in [4.78, 5) is 14.0. The molecule has 2 atom stereocenters. The van der Waals surface area contributed by atoms with E-state index in [0.29, 0.717) is 31.7 Å². The Morgan fingerprint density at radius 1 is 1.35 bits per heavy atom. The van der Waals surface area contributed by atoms with Crippen LogP contribution in [-0.2, 0) is 18.3 Å². The summed E-state index contributed by atoms with van der Waals surface area (Å²) < 4.78 is 7.50. The number of para-hydroxylation sites is 1. The van der Waals surface area contributed by atoms with Crippen molar-refractivity contribution in [1.82, 2.24) is 14.7 Å². The summed E-state index contributed by atoms with van der Waals surface area (Å²) in [5.74, 6) is 0.744. The third-order valence-corrected chi connectivity index (χ3v) is 4.01. The lowest BCUT2D eigenvalue weighted by atomic mass is 10.2. The first kappa shape index (κ1) is 15.6. The smallest absolute Gasteiger partial charge is 0.223 e. The van der Waals surface area contributed by atoms with Gasteiger partial charge in [-0.05, 0) is 24.1 Å². The van der Waals surface area contributed by atoms with Gasteiger partial charge in [-0.2, -0.15) is 5.10 Å². The van der Waals surface area contributed by atoms with Crippen LogP contribution in [0.5, 0.6) is 5.75 Å². The maximum atomic E-state index is 12.3. The predicted octanol–water partition coefficient (Wildman–Crippen LogP) is 1.00. The molecule has 1 amide bonds. The van der Waals surface area contributed by atoms with Crippen LogP contribution in [0.2, 0.25) is 0 Å². The molecule has 0 saturated carbocycles. The van der Waals surface area contributed by atoms with Gasteiger partial charge in [-0.15, -0.1) is 0 Å². The van der Waals surface area contributed by atoms with E-state index >= 15 is 0 Å². The zero-order valence-corrected chi connectivity index (χ0v) is 13.1. The van der Waals surface area contributed by atoms with Gasteiger partial charge in [-0.3, -0.25) is 9.48 Å². The molecule has 3 rings (SSSR count). The third kappa shape index (κ3) is 3.90. The minimum absolute atomic E-state index is 0.0343. The van der Waals surface area contributed by atoms with Crippen molar-refractivity contribution >= 4 is 5.91 Å². The summed E-state index contributed by atoms with van der Waals surface area (Å²) in [5.41, 5.74) is 1.04. The second-order valence-electron chi connectivity index (χ2n) is 5.86. The molecule has 23 heavy (non-hydrogen) atoms. The van der Waals surface area contributed by atoms with Gasteiger partial charge in [0, 0.05) is 19.7 Å². The fraction of sp³-hybridized carbons (Fsp3) is 0.412. The van der Waals surface area contributed by atoms with Crippen molar-refractivity contribution < 1.29 is 14.6 Å². The molecule has 0 bridgehead atoms. The Kier molecular flexibility index (Phi) is 4.62. The molecule has 2 aromatic rings. The lowest BCUT2D eigenvalue weighted by Crippen LogP contribution is -2.31. The van der Waals surface area contributed by atoms with Crippen molar-refractivity contribution in [1.29, 1.82) is 0 Å². The fourth-order valence-electron chi connectivity index (χ4n) is 2.76. The molecule has 1 aromatic heterocycles. The van der Waals surface area contributed by atoms with Crippen LogP contribution in [0.15, 0.2) is 42.7 Å². The van der Waals surface area contributed by atoms with E-state index in [1.165, 1.54) is 0 Å². The highest BCUT2D eigenvalue weighted by atomic mass is 16.5. The zero-order valence-electron chi connectivity index (χ0n) is 13.1. The van der Waals surface area contributed by atoms with E-state index in [2.05, 4.69) is 5.10 Å². The molecule has 1 N–H and O–H groups in total. The maximum Gasteiger partial charge on any atom is 0.223 e.